The minimum Gasteiger partial charge on any atom is -0.438 e. The van der Waals surface area contributed by atoms with E-state index < -0.39 is 6.16 Å². The van der Waals surface area contributed by atoms with Gasteiger partial charge in [0.05, 0.1) is 13.7 Å². The van der Waals surface area contributed by atoms with Crippen LogP contribution in [0.15, 0.2) is 30.3 Å². The number of unbranched alkanes of at least 4 members (excludes halogenated alkanes) is 3. The number of rotatable bonds is 7. The maximum Gasteiger partial charge on any atom is 0.507 e. The second kappa shape index (κ2) is 8.62. The highest BCUT2D eigenvalue weighted by atomic mass is 16.7. The van der Waals surface area contributed by atoms with E-state index in [0.29, 0.717) is 6.61 Å². The molecule has 1 aromatic carbocycles. The summed E-state index contributed by atoms with van der Waals surface area (Å²) < 4.78 is 9.17. The number of hydrogen-bond donors (Lipinski definition) is 0. The SMILES string of the molecule is COC(=O)OCCCCCCc1ccccc1. The Morgan fingerprint density at radius 2 is 1.76 bits per heavy atom. The summed E-state index contributed by atoms with van der Waals surface area (Å²) in [5, 5.41) is 0. The lowest BCUT2D eigenvalue weighted by Crippen LogP contribution is -2.05. The van der Waals surface area contributed by atoms with Crippen molar-refractivity contribution in [1.82, 2.24) is 0 Å². The van der Waals surface area contributed by atoms with Gasteiger partial charge in [0, 0.05) is 0 Å². The summed E-state index contributed by atoms with van der Waals surface area (Å²) in [5.41, 5.74) is 1.39. The molecule has 0 saturated heterocycles. The predicted octanol–water partition coefficient (Wildman–Crippen LogP) is 3.57. The van der Waals surface area contributed by atoms with Crippen LogP contribution in [0.1, 0.15) is 31.2 Å². The molecule has 3 heteroatoms. The van der Waals surface area contributed by atoms with Gasteiger partial charge in [-0.3, -0.25) is 0 Å². The molecule has 0 radical (unpaired) electrons. The van der Waals surface area contributed by atoms with E-state index in [4.69, 9.17) is 4.74 Å². The number of hydrogen-bond acceptors (Lipinski definition) is 3. The van der Waals surface area contributed by atoms with E-state index in [1.807, 2.05) is 6.07 Å². The van der Waals surface area contributed by atoms with Crippen molar-refractivity contribution in [1.29, 1.82) is 0 Å². The van der Waals surface area contributed by atoms with Gasteiger partial charge in [-0.15, -0.1) is 0 Å². The summed E-state index contributed by atoms with van der Waals surface area (Å²) in [6, 6.07) is 10.5. The first kappa shape index (κ1) is 13.6. The summed E-state index contributed by atoms with van der Waals surface area (Å²) in [5.74, 6) is 0. The fourth-order valence-corrected chi connectivity index (χ4v) is 1.64. The molecule has 0 aliphatic heterocycles. The number of carbonyl (C=O) groups excluding carboxylic acids is 1. The average Bonchev–Trinajstić information content (AvgIpc) is 2.38. The largest absolute Gasteiger partial charge is 0.507 e. The quantitative estimate of drug-likeness (QED) is 0.536. The van der Waals surface area contributed by atoms with E-state index in [-0.39, 0.29) is 0 Å². The van der Waals surface area contributed by atoms with Crippen molar-refractivity contribution >= 4 is 6.16 Å². The van der Waals surface area contributed by atoms with Gasteiger partial charge in [0.25, 0.3) is 0 Å². The number of benzene rings is 1. The van der Waals surface area contributed by atoms with E-state index in [1.165, 1.54) is 25.5 Å². The lowest BCUT2D eigenvalue weighted by Gasteiger charge is -2.03. The van der Waals surface area contributed by atoms with Gasteiger partial charge in [0.1, 0.15) is 0 Å². The molecule has 0 saturated carbocycles. The van der Waals surface area contributed by atoms with Gasteiger partial charge in [-0.25, -0.2) is 4.79 Å². The molecule has 0 atom stereocenters. The van der Waals surface area contributed by atoms with Crippen LogP contribution < -0.4 is 0 Å². The van der Waals surface area contributed by atoms with Crippen LogP contribution in [0.5, 0.6) is 0 Å². The van der Waals surface area contributed by atoms with Crippen LogP contribution in [0, 0.1) is 0 Å². The number of aryl methyl sites for hydroxylation is 1. The van der Waals surface area contributed by atoms with Crippen molar-refractivity contribution in [2.75, 3.05) is 13.7 Å². The summed E-state index contributed by atoms with van der Waals surface area (Å²) >= 11 is 0. The maximum atomic E-state index is 10.6. The molecule has 0 aliphatic rings. The van der Waals surface area contributed by atoms with Crippen molar-refractivity contribution in [2.24, 2.45) is 0 Å². The van der Waals surface area contributed by atoms with Gasteiger partial charge in [0.2, 0.25) is 0 Å². The highest BCUT2D eigenvalue weighted by molar-refractivity contribution is 5.59. The number of ether oxygens (including phenoxy) is 2. The first-order valence-corrected chi connectivity index (χ1v) is 6.07. The van der Waals surface area contributed by atoms with E-state index in [9.17, 15) is 4.79 Å². The van der Waals surface area contributed by atoms with Crippen LogP contribution in [0.25, 0.3) is 0 Å². The molecular formula is C14H20O3. The van der Waals surface area contributed by atoms with Crippen LogP contribution in [-0.2, 0) is 15.9 Å². The zero-order chi connectivity index (χ0) is 12.3. The zero-order valence-corrected chi connectivity index (χ0v) is 10.4. The van der Waals surface area contributed by atoms with Crippen molar-refractivity contribution < 1.29 is 14.3 Å². The minimum atomic E-state index is -0.589. The molecule has 0 unspecified atom stereocenters. The molecule has 17 heavy (non-hydrogen) atoms. The maximum absolute atomic E-state index is 10.6. The third-order valence-electron chi connectivity index (χ3n) is 2.59. The van der Waals surface area contributed by atoms with Gasteiger partial charge in [-0.2, -0.15) is 0 Å². The lowest BCUT2D eigenvalue weighted by molar-refractivity contribution is 0.0713. The highest BCUT2D eigenvalue weighted by Crippen LogP contribution is 2.07. The molecule has 3 nitrogen and oxygen atoms in total. The number of carbonyl (C=O) groups is 1. The Kier molecular flexibility index (Phi) is 6.87. The van der Waals surface area contributed by atoms with Crippen LogP contribution in [-0.4, -0.2) is 19.9 Å². The summed E-state index contributed by atoms with van der Waals surface area (Å²) in [7, 11) is 1.32. The van der Waals surface area contributed by atoms with E-state index in [0.717, 1.165) is 19.3 Å². The van der Waals surface area contributed by atoms with Gasteiger partial charge in [-0.1, -0.05) is 43.2 Å². The fourth-order valence-electron chi connectivity index (χ4n) is 1.64. The molecule has 0 heterocycles. The highest BCUT2D eigenvalue weighted by Gasteiger charge is 1.99. The first-order chi connectivity index (χ1) is 8.33. The Hall–Kier alpha value is -1.51. The van der Waals surface area contributed by atoms with Crippen LogP contribution in [0.2, 0.25) is 0 Å². The Morgan fingerprint density at radius 1 is 1.06 bits per heavy atom. The first-order valence-electron chi connectivity index (χ1n) is 6.07. The lowest BCUT2D eigenvalue weighted by atomic mass is 10.1. The van der Waals surface area contributed by atoms with Crippen LogP contribution in [0.3, 0.4) is 0 Å². The Morgan fingerprint density at radius 3 is 2.47 bits per heavy atom. The van der Waals surface area contributed by atoms with Gasteiger partial charge in [0.15, 0.2) is 0 Å². The molecule has 0 aromatic heterocycles. The monoisotopic (exact) mass is 236 g/mol. The molecule has 0 bridgehead atoms. The standard InChI is InChI=1S/C14H20O3/c1-16-14(15)17-12-8-3-2-5-9-13-10-6-4-7-11-13/h4,6-7,10-11H,2-3,5,8-9,12H2,1H3. The third kappa shape index (κ3) is 6.61. The van der Waals surface area contributed by atoms with Crippen LogP contribution in [0.4, 0.5) is 4.79 Å². The fraction of sp³-hybridized carbons (Fsp3) is 0.500. The zero-order valence-electron chi connectivity index (χ0n) is 10.4. The molecule has 0 spiro atoms. The molecule has 1 aromatic rings. The summed E-state index contributed by atoms with van der Waals surface area (Å²) in [6.07, 6.45) is 4.88. The van der Waals surface area contributed by atoms with Gasteiger partial charge < -0.3 is 9.47 Å². The molecule has 0 amide bonds. The Bertz CT molecular complexity index is 309. The normalized spacial score (nSPS) is 9.94. The predicted molar refractivity (Wildman–Crippen MR) is 67.0 cm³/mol. The van der Waals surface area contributed by atoms with E-state index >= 15 is 0 Å². The van der Waals surface area contributed by atoms with Gasteiger partial charge >= 0.3 is 6.16 Å². The summed E-state index contributed by atoms with van der Waals surface area (Å²) in [6.45, 7) is 0.456. The smallest absolute Gasteiger partial charge is 0.438 e. The number of methoxy groups -OCH3 is 1. The van der Waals surface area contributed by atoms with Crippen molar-refractivity contribution in [3.8, 4) is 0 Å². The Labute approximate surface area is 103 Å². The topological polar surface area (TPSA) is 35.5 Å². The van der Waals surface area contributed by atoms with E-state index in [2.05, 4.69) is 29.0 Å². The van der Waals surface area contributed by atoms with E-state index in [1.54, 1.807) is 0 Å². The second-order valence-corrected chi connectivity index (χ2v) is 3.95. The minimum absolute atomic E-state index is 0.456. The molecule has 1 rings (SSSR count). The average molecular weight is 236 g/mol. The van der Waals surface area contributed by atoms with Crippen molar-refractivity contribution in [3.63, 3.8) is 0 Å². The van der Waals surface area contributed by atoms with Crippen LogP contribution >= 0.6 is 0 Å². The molecule has 0 fully saturated rings. The molecular weight excluding hydrogens is 216 g/mol. The van der Waals surface area contributed by atoms with Gasteiger partial charge in [-0.05, 0) is 24.8 Å². The summed E-state index contributed by atoms with van der Waals surface area (Å²) in [4.78, 5) is 10.6. The molecule has 0 N–H and O–H groups in total. The third-order valence-corrected chi connectivity index (χ3v) is 2.59. The molecule has 0 aliphatic carbocycles. The molecule has 94 valence electrons. The van der Waals surface area contributed by atoms with Crippen molar-refractivity contribution in [2.45, 2.75) is 32.1 Å². The second-order valence-electron chi connectivity index (χ2n) is 3.95. The Balaban J connectivity index is 1.93. The van der Waals surface area contributed by atoms with Crippen molar-refractivity contribution in [3.05, 3.63) is 35.9 Å².